The first-order valence-corrected chi connectivity index (χ1v) is 7.89. The summed E-state index contributed by atoms with van der Waals surface area (Å²) in [6, 6.07) is 5.86. The first-order chi connectivity index (χ1) is 9.54. The number of nitrogens with zero attached hydrogens (tertiary/aromatic N) is 2. The zero-order valence-corrected chi connectivity index (χ0v) is 14.0. The van der Waals surface area contributed by atoms with Crippen LogP contribution in [0.25, 0.3) is 0 Å². The standard InChI is InChI=1S/C14H16BrN3OS/c1-9(2)19-13-5-4-11(6-12(13)15)7-16-18-14-17-10(3)8-20-14/h4-9H,1-3H3,(H,17,18)/b16-7-. The molecule has 0 saturated carbocycles. The topological polar surface area (TPSA) is 46.5 Å². The Hall–Kier alpha value is -1.40. The Balaban J connectivity index is 2.01. The molecule has 0 aliphatic rings. The van der Waals surface area contributed by atoms with Crippen molar-refractivity contribution in [1.82, 2.24) is 4.98 Å². The Bertz CT molecular complexity index is 610. The van der Waals surface area contributed by atoms with Gasteiger partial charge in [-0.15, -0.1) is 11.3 Å². The number of halogens is 1. The lowest BCUT2D eigenvalue weighted by Crippen LogP contribution is -2.06. The van der Waals surface area contributed by atoms with Crippen LogP contribution in [0.4, 0.5) is 5.13 Å². The van der Waals surface area contributed by atoms with E-state index in [1.807, 2.05) is 44.4 Å². The Kier molecular flexibility index (Phi) is 5.14. The van der Waals surface area contributed by atoms with Gasteiger partial charge in [-0.3, -0.25) is 5.43 Å². The van der Waals surface area contributed by atoms with Gasteiger partial charge in [-0.25, -0.2) is 4.98 Å². The monoisotopic (exact) mass is 353 g/mol. The van der Waals surface area contributed by atoms with Crippen LogP contribution in [0, 0.1) is 6.92 Å². The molecule has 20 heavy (non-hydrogen) atoms. The highest BCUT2D eigenvalue weighted by Gasteiger charge is 2.03. The Morgan fingerprint density at radius 3 is 2.85 bits per heavy atom. The smallest absolute Gasteiger partial charge is 0.203 e. The van der Waals surface area contributed by atoms with Crippen molar-refractivity contribution in [1.29, 1.82) is 0 Å². The van der Waals surface area contributed by atoms with Gasteiger partial charge in [0.15, 0.2) is 0 Å². The number of ether oxygens (including phenoxy) is 1. The van der Waals surface area contributed by atoms with Crippen LogP contribution in [0.15, 0.2) is 33.2 Å². The van der Waals surface area contributed by atoms with Crippen LogP contribution in [0.3, 0.4) is 0 Å². The van der Waals surface area contributed by atoms with Gasteiger partial charge in [0.1, 0.15) is 5.75 Å². The van der Waals surface area contributed by atoms with E-state index in [4.69, 9.17) is 4.74 Å². The van der Waals surface area contributed by atoms with E-state index >= 15 is 0 Å². The number of aryl methyl sites for hydroxylation is 1. The summed E-state index contributed by atoms with van der Waals surface area (Å²) in [7, 11) is 0. The van der Waals surface area contributed by atoms with Crippen molar-refractivity contribution in [2.75, 3.05) is 5.43 Å². The van der Waals surface area contributed by atoms with Crippen LogP contribution >= 0.6 is 27.3 Å². The summed E-state index contributed by atoms with van der Waals surface area (Å²) >= 11 is 5.03. The Morgan fingerprint density at radius 2 is 2.25 bits per heavy atom. The summed E-state index contributed by atoms with van der Waals surface area (Å²) in [5, 5.41) is 6.94. The molecule has 0 unspecified atom stereocenters. The molecule has 0 fully saturated rings. The lowest BCUT2D eigenvalue weighted by Gasteiger charge is -2.11. The summed E-state index contributed by atoms with van der Waals surface area (Å²) < 4.78 is 6.58. The average molecular weight is 354 g/mol. The number of rotatable bonds is 5. The maximum atomic E-state index is 5.66. The molecule has 4 nitrogen and oxygen atoms in total. The van der Waals surface area contributed by atoms with Crippen molar-refractivity contribution in [3.63, 3.8) is 0 Å². The number of benzene rings is 1. The lowest BCUT2D eigenvalue weighted by molar-refractivity contribution is 0.241. The number of hydrogen-bond acceptors (Lipinski definition) is 5. The molecular formula is C14H16BrN3OS. The Morgan fingerprint density at radius 1 is 1.45 bits per heavy atom. The van der Waals surface area contributed by atoms with Crippen molar-refractivity contribution in [2.24, 2.45) is 5.10 Å². The summed E-state index contributed by atoms with van der Waals surface area (Å²) in [4.78, 5) is 4.27. The molecule has 0 bridgehead atoms. The van der Waals surface area contributed by atoms with Gasteiger partial charge in [-0.2, -0.15) is 5.10 Å². The third-order valence-corrected chi connectivity index (χ3v) is 3.80. The molecule has 1 aromatic heterocycles. The second-order valence-corrected chi connectivity index (χ2v) is 6.23. The third-order valence-electron chi connectivity index (χ3n) is 2.31. The van der Waals surface area contributed by atoms with Gasteiger partial charge in [0, 0.05) is 5.38 Å². The summed E-state index contributed by atoms with van der Waals surface area (Å²) in [6.45, 7) is 5.96. The minimum atomic E-state index is 0.153. The van der Waals surface area contributed by atoms with E-state index in [1.165, 1.54) is 11.3 Å². The molecule has 0 atom stereocenters. The van der Waals surface area contributed by atoms with E-state index < -0.39 is 0 Å². The van der Waals surface area contributed by atoms with Crippen molar-refractivity contribution in [3.8, 4) is 5.75 Å². The average Bonchev–Trinajstić information content (AvgIpc) is 2.78. The highest BCUT2D eigenvalue weighted by atomic mass is 79.9. The van der Waals surface area contributed by atoms with Gasteiger partial charge in [0.2, 0.25) is 5.13 Å². The molecule has 0 radical (unpaired) electrons. The van der Waals surface area contributed by atoms with Gasteiger partial charge >= 0.3 is 0 Å². The molecule has 6 heteroatoms. The van der Waals surface area contributed by atoms with Gasteiger partial charge in [0.25, 0.3) is 0 Å². The number of thiazole rings is 1. The predicted octanol–water partition coefficient (Wildman–Crippen LogP) is 4.45. The number of aromatic nitrogens is 1. The van der Waals surface area contributed by atoms with Crippen LogP contribution in [0.1, 0.15) is 25.1 Å². The molecule has 0 aliphatic heterocycles. The normalized spacial score (nSPS) is 11.2. The maximum absolute atomic E-state index is 5.66. The van der Waals surface area contributed by atoms with Gasteiger partial charge in [0.05, 0.1) is 22.5 Å². The maximum Gasteiger partial charge on any atom is 0.203 e. The minimum absolute atomic E-state index is 0.153. The fraction of sp³-hybridized carbons (Fsp3) is 0.286. The summed E-state index contributed by atoms with van der Waals surface area (Å²) in [5.74, 6) is 0.834. The van der Waals surface area contributed by atoms with E-state index in [9.17, 15) is 0 Å². The first kappa shape index (κ1) is 15.0. The van der Waals surface area contributed by atoms with Crippen molar-refractivity contribution in [2.45, 2.75) is 26.9 Å². The van der Waals surface area contributed by atoms with E-state index in [0.29, 0.717) is 0 Å². The third kappa shape index (κ3) is 4.31. The van der Waals surface area contributed by atoms with E-state index in [-0.39, 0.29) is 6.10 Å². The quantitative estimate of drug-likeness (QED) is 0.638. The number of anilines is 1. The van der Waals surface area contributed by atoms with Crippen molar-refractivity contribution < 1.29 is 4.74 Å². The highest BCUT2D eigenvalue weighted by Crippen LogP contribution is 2.26. The fourth-order valence-electron chi connectivity index (χ4n) is 1.51. The minimum Gasteiger partial charge on any atom is -0.490 e. The molecule has 106 valence electrons. The molecule has 1 heterocycles. The summed E-state index contributed by atoms with van der Waals surface area (Å²) in [6.07, 6.45) is 1.90. The number of hydrogen-bond donors (Lipinski definition) is 1. The molecular weight excluding hydrogens is 338 g/mol. The van der Waals surface area contributed by atoms with Gasteiger partial charge < -0.3 is 4.74 Å². The molecule has 1 N–H and O–H groups in total. The molecule has 0 aliphatic carbocycles. The van der Waals surface area contributed by atoms with Crippen LogP contribution in [0.2, 0.25) is 0 Å². The van der Waals surface area contributed by atoms with E-state index in [2.05, 4.69) is 31.4 Å². The first-order valence-electron chi connectivity index (χ1n) is 6.22. The van der Waals surface area contributed by atoms with Crippen LogP contribution in [-0.2, 0) is 0 Å². The van der Waals surface area contributed by atoms with Crippen LogP contribution in [-0.4, -0.2) is 17.3 Å². The molecule has 2 rings (SSSR count). The predicted molar refractivity (Wildman–Crippen MR) is 88.0 cm³/mol. The van der Waals surface area contributed by atoms with E-state index in [1.54, 1.807) is 6.21 Å². The van der Waals surface area contributed by atoms with Crippen molar-refractivity contribution >= 4 is 38.6 Å². The fourth-order valence-corrected chi connectivity index (χ4v) is 2.64. The number of nitrogens with one attached hydrogen (secondary N) is 1. The molecule has 1 aromatic carbocycles. The second kappa shape index (κ2) is 6.85. The lowest BCUT2D eigenvalue weighted by atomic mass is 10.2. The molecule has 0 spiro atoms. The molecule has 2 aromatic rings. The van der Waals surface area contributed by atoms with Gasteiger partial charge in [-0.05, 0) is 60.5 Å². The number of hydrazone groups is 1. The van der Waals surface area contributed by atoms with Crippen LogP contribution in [0.5, 0.6) is 5.75 Å². The largest absolute Gasteiger partial charge is 0.490 e. The van der Waals surface area contributed by atoms with Crippen molar-refractivity contribution in [3.05, 3.63) is 39.3 Å². The zero-order chi connectivity index (χ0) is 14.5. The summed E-state index contributed by atoms with van der Waals surface area (Å²) in [5.41, 5.74) is 4.88. The SMILES string of the molecule is Cc1csc(N/N=C\c2ccc(OC(C)C)c(Br)c2)n1. The zero-order valence-electron chi connectivity index (χ0n) is 11.6. The van der Waals surface area contributed by atoms with Crippen LogP contribution < -0.4 is 10.2 Å². The molecule has 0 amide bonds. The second-order valence-electron chi connectivity index (χ2n) is 4.52. The molecule has 0 saturated heterocycles. The highest BCUT2D eigenvalue weighted by molar-refractivity contribution is 9.10. The Labute approximate surface area is 131 Å². The van der Waals surface area contributed by atoms with E-state index in [0.717, 1.165) is 26.6 Å². The van der Waals surface area contributed by atoms with Gasteiger partial charge in [-0.1, -0.05) is 0 Å².